The molecule has 3 unspecified atom stereocenters. The second-order valence-corrected chi connectivity index (χ2v) is 4.61. The first-order valence-corrected chi connectivity index (χ1v) is 6.18. The Hall–Kier alpha value is 0.0400. The summed E-state index contributed by atoms with van der Waals surface area (Å²) < 4.78 is 29.4. The Balaban J connectivity index is 4.03. The van der Waals surface area contributed by atoms with Gasteiger partial charge in [0.25, 0.3) is 0 Å². The lowest BCUT2D eigenvalue weighted by Gasteiger charge is -2.21. The van der Waals surface area contributed by atoms with Crippen molar-refractivity contribution in [1.82, 2.24) is 0 Å². The minimum Gasteiger partial charge on any atom is -0.566 e. The zero-order chi connectivity index (χ0) is 11.2. The van der Waals surface area contributed by atoms with E-state index in [0.29, 0.717) is 6.42 Å². The smallest absolute Gasteiger partial charge is 0.566 e. The summed E-state index contributed by atoms with van der Waals surface area (Å²) in [6.07, 6.45) is 0.583. The highest BCUT2D eigenvalue weighted by atomic mass is 31.1. The van der Waals surface area contributed by atoms with E-state index in [1.54, 1.807) is 6.92 Å². The van der Waals surface area contributed by atoms with Crippen LogP contribution in [0.25, 0.3) is 0 Å². The van der Waals surface area contributed by atoms with Crippen molar-refractivity contribution in [2.75, 3.05) is 13.2 Å². The maximum atomic E-state index is 10.3. The van der Waals surface area contributed by atoms with Crippen molar-refractivity contribution >= 4 is 16.5 Å². The first-order chi connectivity index (χ1) is 6.39. The molecule has 0 amide bonds. The van der Waals surface area contributed by atoms with Crippen molar-refractivity contribution in [3.8, 4) is 0 Å². The van der Waals surface area contributed by atoms with Gasteiger partial charge in [-0.25, -0.2) is 0 Å². The molecule has 8 heteroatoms. The predicted octanol–water partition coefficient (Wildman–Crippen LogP) is 1.10. The van der Waals surface area contributed by atoms with Crippen LogP contribution in [0.5, 0.6) is 0 Å². The van der Waals surface area contributed by atoms with Gasteiger partial charge in [-0.1, -0.05) is 13.8 Å². The summed E-state index contributed by atoms with van der Waals surface area (Å²) in [6, 6.07) is 0. The van der Waals surface area contributed by atoms with Crippen molar-refractivity contribution < 1.29 is 28.0 Å². The second-order valence-electron chi connectivity index (χ2n) is 3.17. The highest BCUT2D eigenvalue weighted by Gasteiger charge is 2.30. The molecule has 0 rings (SSSR count). The molecule has 0 spiro atoms. The summed E-state index contributed by atoms with van der Waals surface area (Å²) >= 11 is 0. The maximum absolute atomic E-state index is 10.3. The molecular weight excluding hydrogens is 230 g/mol. The Labute approximate surface area is 84.1 Å². The summed E-state index contributed by atoms with van der Waals surface area (Å²) in [5.74, 6) is 0. The van der Waals surface area contributed by atoms with E-state index in [-0.39, 0.29) is 13.2 Å². The molecule has 0 fully saturated rings. The largest absolute Gasteiger partial charge is 0.694 e. The van der Waals surface area contributed by atoms with Gasteiger partial charge in [0.15, 0.2) is 0 Å². The lowest BCUT2D eigenvalue weighted by molar-refractivity contribution is -0.188. The van der Waals surface area contributed by atoms with Gasteiger partial charge >= 0.3 is 16.5 Å². The van der Waals surface area contributed by atoms with Crippen LogP contribution in [0.2, 0.25) is 0 Å². The molecule has 0 aliphatic carbocycles. The predicted molar refractivity (Wildman–Crippen MR) is 47.7 cm³/mol. The molecule has 0 aromatic rings. The molecule has 6 nitrogen and oxygen atoms in total. The average Bonchev–Trinajstić information content (AvgIpc) is 2.11. The van der Waals surface area contributed by atoms with E-state index >= 15 is 0 Å². The van der Waals surface area contributed by atoms with Gasteiger partial charge in [-0.05, 0) is 11.0 Å². The quantitative estimate of drug-likeness (QED) is 0.672. The normalized spacial score (nSPS) is 17.4. The van der Waals surface area contributed by atoms with Crippen molar-refractivity contribution in [2.45, 2.75) is 20.3 Å². The molecule has 82 valence electrons. The number of hydrogen-bond donors (Lipinski definition) is 1. The van der Waals surface area contributed by atoms with Crippen molar-refractivity contribution in [2.24, 2.45) is 5.41 Å². The molecule has 0 aliphatic rings. The Morgan fingerprint density at radius 3 is 2.21 bits per heavy atom. The van der Waals surface area contributed by atoms with Gasteiger partial charge in [-0.2, -0.15) is 0 Å². The Kier molecular flexibility index (Phi) is 6.53. The topological polar surface area (TPSA) is 95.9 Å². The van der Waals surface area contributed by atoms with Crippen LogP contribution in [0, 0.1) is 5.41 Å². The molecule has 0 aromatic carbocycles. The molecule has 0 aromatic heterocycles. The standard InChI is InChI=1S/C6H12O6P2/c1-3-6(2,4-11-13(7)8)5-12-14(9)10/h3-5H2,1-2H3/p+1. The molecule has 0 bridgehead atoms. The van der Waals surface area contributed by atoms with Crippen LogP contribution in [0.3, 0.4) is 0 Å². The van der Waals surface area contributed by atoms with Crippen LogP contribution in [0.4, 0.5) is 0 Å². The average molecular weight is 243 g/mol. The molecule has 3 atom stereocenters. The monoisotopic (exact) mass is 243 g/mol. The molecule has 0 radical (unpaired) electrons. The first kappa shape index (κ1) is 14.0. The van der Waals surface area contributed by atoms with Crippen LogP contribution in [0.15, 0.2) is 0 Å². The number of rotatable bonds is 7. The van der Waals surface area contributed by atoms with Crippen LogP contribution in [0.1, 0.15) is 20.3 Å². The van der Waals surface area contributed by atoms with Crippen molar-refractivity contribution in [3.63, 3.8) is 0 Å². The van der Waals surface area contributed by atoms with E-state index in [0.717, 1.165) is 0 Å². The van der Waals surface area contributed by atoms with E-state index in [2.05, 4.69) is 9.05 Å². The van der Waals surface area contributed by atoms with Crippen LogP contribution in [-0.2, 0) is 18.2 Å². The van der Waals surface area contributed by atoms with Gasteiger partial charge < -0.3 is 4.89 Å². The molecular formula is C6H13O6P2+. The summed E-state index contributed by atoms with van der Waals surface area (Å²) in [6.45, 7) is 3.46. The van der Waals surface area contributed by atoms with Crippen molar-refractivity contribution in [1.29, 1.82) is 0 Å². The van der Waals surface area contributed by atoms with Gasteiger partial charge in [0, 0.05) is 9.98 Å². The highest BCUT2D eigenvalue weighted by Crippen LogP contribution is 2.29. The Bertz CT molecular complexity index is 200. The summed E-state index contributed by atoms with van der Waals surface area (Å²) in [4.78, 5) is 18.6. The fraction of sp³-hybridized carbons (Fsp3) is 1.00. The minimum atomic E-state index is -2.89. The van der Waals surface area contributed by atoms with Gasteiger partial charge in [0.2, 0.25) is 0 Å². The third-order valence-corrected chi connectivity index (χ3v) is 2.59. The molecule has 14 heavy (non-hydrogen) atoms. The summed E-state index contributed by atoms with van der Waals surface area (Å²) in [7, 11) is -5.54. The Morgan fingerprint density at radius 2 is 1.86 bits per heavy atom. The molecule has 0 aliphatic heterocycles. The van der Waals surface area contributed by atoms with Gasteiger partial charge in [-0.3, -0.25) is 0 Å². The Morgan fingerprint density at radius 1 is 1.36 bits per heavy atom. The first-order valence-electron chi connectivity index (χ1n) is 3.96. The van der Waals surface area contributed by atoms with E-state index in [9.17, 15) is 14.0 Å². The van der Waals surface area contributed by atoms with Crippen LogP contribution >= 0.6 is 16.5 Å². The SMILES string of the molecule is CCC(C)(CO[P+](=O)[O-])CO[P+](=O)O. The molecule has 0 heterocycles. The van der Waals surface area contributed by atoms with Gasteiger partial charge in [0.05, 0.1) is 0 Å². The van der Waals surface area contributed by atoms with Gasteiger partial charge in [-0.15, -0.1) is 13.9 Å². The van der Waals surface area contributed by atoms with E-state index in [1.165, 1.54) is 0 Å². The summed E-state index contributed by atoms with van der Waals surface area (Å²) in [5, 5.41) is 0. The lowest BCUT2D eigenvalue weighted by Crippen LogP contribution is -2.26. The highest BCUT2D eigenvalue weighted by molar-refractivity contribution is 7.32. The van der Waals surface area contributed by atoms with Crippen molar-refractivity contribution in [3.05, 3.63) is 0 Å². The van der Waals surface area contributed by atoms with Crippen LogP contribution in [-0.4, -0.2) is 18.1 Å². The third-order valence-electron chi connectivity index (χ3n) is 1.90. The van der Waals surface area contributed by atoms with E-state index in [4.69, 9.17) is 4.89 Å². The molecule has 1 N–H and O–H groups in total. The molecule has 0 saturated heterocycles. The third kappa shape index (κ3) is 6.49. The zero-order valence-corrected chi connectivity index (χ0v) is 9.79. The second kappa shape index (κ2) is 6.51. The fourth-order valence-corrected chi connectivity index (χ4v) is 1.50. The van der Waals surface area contributed by atoms with E-state index < -0.39 is 21.9 Å². The lowest BCUT2D eigenvalue weighted by atomic mass is 9.90. The minimum absolute atomic E-state index is 0.0155. The zero-order valence-electron chi connectivity index (χ0n) is 8.00. The fourth-order valence-electron chi connectivity index (χ4n) is 0.665. The van der Waals surface area contributed by atoms with Crippen LogP contribution < -0.4 is 4.89 Å². The van der Waals surface area contributed by atoms with E-state index in [1.807, 2.05) is 6.92 Å². The molecule has 0 saturated carbocycles. The number of hydrogen-bond acceptors (Lipinski definition) is 5. The maximum Gasteiger partial charge on any atom is 0.694 e. The van der Waals surface area contributed by atoms with Gasteiger partial charge in [0.1, 0.15) is 13.2 Å². The summed E-state index contributed by atoms with van der Waals surface area (Å²) in [5.41, 5.74) is -0.566.